The second-order valence-electron chi connectivity index (χ2n) is 7.68. The zero-order valence-corrected chi connectivity index (χ0v) is 17.3. The van der Waals surface area contributed by atoms with Crippen molar-refractivity contribution in [2.45, 2.75) is 44.7 Å². The number of anilines is 1. The Morgan fingerprint density at radius 3 is 2.59 bits per heavy atom. The summed E-state index contributed by atoms with van der Waals surface area (Å²) in [6.45, 7) is 0.490. The molecule has 29 heavy (non-hydrogen) atoms. The van der Waals surface area contributed by atoms with Gasteiger partial charge in [-0.15, -0.1) is 0 Å². The van der Waals surface area contributed by atoms with Crippen molar-refractivity contribution >= 4 is 33.9 Å². The predicted molar refractivity (Wildman–Crippen MR) is 119 cm³/mol. The molecule has 0 atom stereocenters. The van der Waals surface area contributed by atoms with Crippen LogP contribution in [0.3, 0.4) is 0 Å². The van der Waals surface area contributed by atoms with Gasteiger partial charge in [0.25, 0.3) is 5.56 Å². The summed E-state index contributed by atoms with van der Waals surface area (Å²) >= 11 is 5.46. The fourth-order valence-electron chi connectivity index (χ4n) is 4.01. The smallest absolute Gasteiger partial charge is 0.274 e. The topological polar surface area (TPSA) is 51.0 Å². The van der Waals surface area contributed by atoms with Gasteiger partial charge in [0.15, 0.2) is 5.11 Å². The van der Waals surface area contributed by atoms with Crippen molar-refractivity contribution in [2.75, 3.05) is 5.32 Å². The molecule has 3 aromatic rings. The van der Waals surface area contributed by atoms with Gasteiger partial charge in [-0.1, -0.05) is 31.4 Å². The van der Waals surface area contributed by atoms with E-state index in [-0.39, 0.29) is 11.4 Å². The minimum Gasteiger partial charge on any atom is -0.360 e. The molecule has 0 amide bonds. The molecular weight excluding hydrogens is 387 g/mol. The van der Waals surface area contributed by atoms with Gasteiger partial charge in [0.2, 0.25) is 0 Å². The Morgan fingerprint density at radius 2 is 1.86 bits per heavy atom. The number of aromatic nitrogens is 2. The third-order valence-electron chi connectivity index (χ3n) is 5.60. The number of rotatable bonds is 4. The lowest BCUT2D eigenvalue weighted by atomic mass is 9.96. The fourth-order valence-corrected chi connectivity index (χ4v) is 4.29. The van der Waals surface area contributed by atoms with Crippen molar-refractivity contribution in [3.8, 4) is 0 Å². The van der Waals surface area contributed by atoms with Gasteiger partial charge in [0, 0.05) is 18.8 Å². The van der Waals surface area contributed by atoms with Crippen molar-refractivity contribution in [3.63, 3.8) is 0 Å². The molecule has 1 heterocycles. The molecule has 2 N–H and O–H groups in total. The van der Waals surface area contributed by atoms with E-state index in [0.29, 0.717) is 23.1 Å². The van der Waals surface area contributed by atoms with Crippen LogP contribution in [-0.2, 0) is 13.6 Å². The summed E-state index contributed by atoms with van der Waals surface area (Å²) in [5.74, 6) is -0.270. The first-order valence-corrected chi connectivity index (χ1v) is 10.4. The first kappa shape index (κ1) is 19.6. The predicted octanol–water partition coefficient (Wildman–Crippen LogP) is 4.15. The van der Waals surface area contributed by atoms with Gasteiger partial charge in [-0.25, -0.2) is 4.39 Å². The highest BCUT2D eigenvalue weighted by Gasteiger charge is 2.15. The molecule has 2 aromatic carbocycles. The summed E-state index contributed by atoms with van der Waals surface area (Å²) in [4.78, 5) is 12.8. The van der Waals surface area contributed by atoms with E-state index in [1.165, 1.54) is 31.4 Å². The van der Waals surface area contributed by atoms with Gasteiger partial charge >= 0.3 is 0 Å². The first-order chi connectivity index (χ1) is 14.0. The Hall–Kier alpha value is -2.67. The van der Waals surface area contributed by atoms with Crippen molar-refractivity contribution < 1.29 is 4.39 Å². The van der Waals surface area contributed by atoms with Crippen LogP contribution in [0.2, 0.25) is 0 Å². The number of nitrogens with one attached hydrogen (secondary N) is 2. The average molecular weight is 413 g/mol. The van der Waals surface area contributed by atoms with E-state index in [2.05, 4.69) is 10.6 Å². The summed E-state index contributed by atoms with van der Waals surface area (Å²) < 4.78 is 16.7. The highest BCUT2D eigenvalue weighted by atomic mass is 32.1. The van der Waals surface area contributed by atoms with E-state index in [9.17, 15) is 9.18 Å². The Morgan fingerprint density at radius 1 is 1.14 bits per heavy atom. The maximum Gasteiger partial charge on any atom is 0.274 e. The van der Waals surface area contributed by atoms with E-state index >= 15 is 0 Å². The molecular formula is C22H25FN4OS. The van der Waals surface area contributed by atoms with Crippen LogP contribution in [0.15, 0.2) is 47.3 Å². The largest absolute Gasteiger partial charge is 0.360 e. The van der Waals surface area contributed by atoms with E-state index in [1.54, 1.807) is 23.9 Å². The van der Waals surface area contributed by atoms with Gasteiger partial charge in [0.05, 0.1) is 17.4 Å². The van der Waals surface area contributed by atoms with E-state index in [1.807, 2.05) is 22.9 Å². The zero-order valence-electron chi connectivity index (χ0n) is 16.5. The van der Waals surface area contributed by atoms with Crippen LogP contribution >= 0.6 is 12.2 Å². The summed E-state index contributed by atoms with van der Waals surface area (Å²) in [5.41, 5.74) is 2.48. The van der Waals surface area contributed by atoms with Crippen LogP contribution in [0.25, 0.3) is 10.9 Å². The number of hydrogen-bond acceptors (Lipinski definition) is 2. The Balaban J connectivity index is 1.54. The second-order valence-corrected chi connectivity index (χ2v) is 8.09. The molecule has 1 aliphatic rings. The Bertz CT molecular complexity index is 1080. The minimum absolute atomic E-state index is 0.0723. The van der Waals surface area contributed by atoms with Gasteiger partial charge in [-0.3, -0.25) is 14.2 Å². The normalized spacial score (nSPS) is 14.8. The number of benzene rings is 2. The average Bonchev–Trinajstić information content (AvgIpc) is 2.95. The molecule has 0 radical (unpaired) electrons. The van der Waals surface area contributed by atoms with Gasteiger partial charge in [-0.05, 0) is 61.0 Å². The van der Waals surface area contributed by atoms with E-state index in [0.717, 1.165) is 29.6 Å². The molecule has 0 aliphatic heterocycles. The van der Waals surface area contributed by atoms with Gasteiger partial charge in [0.1, 0.15) is 5.82 Å². The summed E-state index contributed by atoms with van der Waals surface area (Å²) in [7, 11) is 1.74. The van der Waals surface area contributed by atoms with Gasteiger partial charge in [-0.2, -0.15) is 0 Å². The van der Waals surface area contributed by atoms with Crippen LogP contribution in [0.1, 0.15) is 37.7 Å². The monoisotopic (exact) mass is 412 g/mol. The molecule has 1 aliphatic carbocycles. The third-order valence-corrected chi connectivity index (χ3v) is 5.82. The SMILES string of the molecule is Cn1c(=O)c2cc(NC(=S)NC3CCCCC3)ccc2n1Cc1ccc(F)cc1. The lowest BCUT2D eigenvalue weighted by molar-refractivity contribution is 0.415. The van der Waals surface area contributed by atoms with Crippen LogP contribution in [0, 0.1) is 5.82 Å². The molecule has 4 rings (SSSR count). The number of halogens is 1. The van der Waals surface area contributed by atoms with Crippen molar-refractivity contribution in [1.29, 1.82) is 0 Å². The quantitative estimate of drug-likeness (QED) is 0.632. The lowest BCUT2D eigenvalue weighted by Gasteiger charge is -2.24. The summed E-state index contributed by atoms with van der Waals surface area (Å²) in [6.07, 6.45) is 6.07. The minimum atomic E-state index is -0.270. The standard InChI is InChI=1S/C22H25FN4OS/c1-26-21(28)19-13-18(25-22(29)24-17-5-3-2-4-6-17)11-12-20(19)27(26)14-15-7-9-16(23)10-8-15/h7-13,17H,2-6,14H2,1H3,(H2,24,25,29). The maximum absolute atomic E-state index is 13.2. The van der Waals surface area contributed by atoms with Crippen LogP contribution < -0.4 is 16.2 Å². The first-order valence-electron chi connectivity index (χ1n) is 10.0. The molecule has 7 heteroatoms. The van der Waals surface area contributed by atoms with Crippen LogP contribution in [0.4, 0.5) is 10.1 Å². The number of hydrogen-bond donors (Lipinski definition) is 2. The molecule has 1 aromatic heterocycles. The summed E-state index contributed by atoms with van der Waals surface area (Å²) in [5, 5.41) is 7.82. The Kier molecular flexibility index (Phi) is 5.67. The molecule has 0 unspecified atom stereocenters. The molecule has 152 valence electrons. The third kappa shape index (κ3) is 4.34. The molecule has 5 nitrogen and oxygen atoms in total. The van der Waals surface area contributed by atoms with Gasteiger partial charge < -0.3 is 10.6 Å². The maximum atomic E-state index is 13.2. The van der Waals surface area contributed by atoms with Crippen LogP contribution in [0.5, 0.6) is 0 Å². The number of thiocarbonyl (C=S) groups is 1. The van der Waals surface area contributed by atoms with Crippen molar-refractivity contribution in [1.82, 2.24) is 14.7 Å². The number of nitrogens with zero attached hydrogens (tertiary/aromatic N) is 2. The van der Waals surface area contributed by atoms with Crippen molar-refractivity contribution in [2.24, 2.45) is 7.05 Å². The fraction of sp³-hybridized carbons (Fsp3) is 0.364. The highest BCUT2D eigenvalue weighted by Crippen LogP contribution is 2.20. The zero-order chi connectivity index (χ0) is 20.4. The molecule has 0 spiro atoms. The lowest BCUT2D eigenvalue weighted by Crippen LogP contribution is -2.38. The highest BCUT2D eigenvalue weighted by molar-refractivity contribution is 7.80. The molecule has 0 saturated heterocycles. The van der Waals surface area contributed by atoms with E-state index in [4.69, 9.17) is 12.2 Å². The van der Waals surface area contributed by atoms with Crippen molar-refractivity contribution in [3.05, 3.63) is 64.2 Å². The van der Waals surface area contributed by atoms with E-state index < -0.39 is 0 Å². The Labute approximate surface area is 174 Å². The number of fused-ring (bicyclic) bond motifs is 1. The second kappa shape index (κ2) is 8.37. The molecule has 1 saturated carbocycles. The van der Waals surface area contributed by atoms with Crippen LogP contribution in [-0.4, -0.2) is 20.5 Å². The molecule has 1 fully saturated rings. The summed E-state index contributed by atoms with van der Waals surface area (Å²) in [6, 6.07) is 12.4. The molecule has 0 bridgehead atoms.